The molecule has 0 aliphatic carbocycles. The average molecular weight is 202 g/mol. The molecule has 0 N–H and O–H groups in total. The van der Waals surface area contributed by atoms with E-state index in [1.807, 2.05) is 0 Å². The third kappa shape index (κ3) is 2.52. The van der Waals surface area contributed by atoms with Crippen LogP contribution in [-0.2, 0) is 11.2 Å². The van der Waals surface area contributed by atoms with Crippen molar-refractivity contribution in [3.05, 3.63) is 35.4 Å². The van der Waals surface area contributed by atoms with Gasteiger partial charge in [0.2, 0.25) is 0 Å². The first-order valence-electron chi connectivity index (χ1n) is 5.42. The first-order chi connectivity index (χ1) is 7.25. The van der Waals surface area contributed by atoms with Gasteiger partial charge in [0.15, 0.2) is 6.21 Å². The molecule has 2 heteroatoms. The number of rotatable bonds is 3. The van der Waals surface area contributed by atoms with E-state index in [1.165, 1.54) is 11.1 Å². The average Bonchev–Trinajstić information content (AvgIpc) is 2.26. The van der Waals surface area contributed by atoms with Crippen molar-refractivity contribution in [3.63, 3.8) is 0 Å². The SMILES string of the molecule is CC(=O)CC[N+]1=Cc2ccccc2CC1. The van der Waals surface area contributed by atoms with Crippen molar-refractivity contribution in [2.45, 2.75) is 19.8 Å². The number of fused-ring (bicyclic) bond motifs is 1. The van der Waals surface area contributed by atoms with Crippen molar-refractivity contribution >= 4 is 12.0 Å². The van der Waals surface area contributed by atoms with Crippen molar-refractivity contribution in [3.8, 4) is 0 Å². The lowest BCUT2D eigenvalue weighted by molar-refractivity contribution is -0.522. The van der Waals surface area contributed by atoms with Gasteiger partial charge < -0.3 is 0 Å². The largest absolute Gasteiger partial charge is 0.300 e. The first-order valence-corrected chi connectivity index (χ1v) is 5.42. The Kier molecular flexibility index (Phi) is 2.95. The Bertz CT molecular complexity index is 407. The van der Waals surface area contributed by atoms with Crippen LogP contribution in [0, 0.1) is 0 Å². The molecule has 1 aromatic carbocycles. The monoisotopic (exact) mass is 202 g/mol. The Morgan fingerprint density at radius 1 is 1.40 bits per heavy atom. The van der Waals surface area contributed by atoms with Crippen LogP contribution in [0.5, 0.6) is 0 Å². The molecule has 1 aliphatic rings. The standard InChI is InChI=1S/C13H16NO/c1-11(15)6-8-14-9-7-12-4-2-3-5-13(12)10-14/h2-5,10H,6-9H2,1H3/q+1. The lowest BCUT2D eigenvalue weighted by Gasteiger charge is -2.11. The fourth-order valence-corrected chi connectivity index (χ4v) is 1.89. The van der Waals surface area contributed by atoms with Crippen LogP contribution < -0.4 is 0 Å². The van der Waals surface area contributed by atoms with Gasteiger partial charge >= 0.3 is 0 Å². The normalized spacial score (nSPS) is 14.3. The second-order valence-corrected chi connectivity index (χ2v) is 4.07. The Hall–Kier alpha value is -1.44. The van der Waals surface area contributed by atoms with Gasteiger partial charge in [-0.05, 0) is 18.6 Å². The molecule has 0 bridgehead atoms. The summed E-state index contributed by atoms with van der Waals surface area (Å²) in [5.41, 5.74) is 2.71. The maximum atomic E-state index is 10.9. The Morgan fingerprint density at radius 2 is 2.20 bits per heavy atom. The fraction of sp³-hybridized carbons (Fsp3) is 0.385. The number of benzene rings is 1. The van der Waals surface area contributed by atoms with Crippen molar-refractivity contribution in [1.29, 1.82) is 0 Å². The van der Waals surface area contributed by atoms with Crippen molar-refractivity contribution in [2.24, 2.45) is 0 Å². The molecule has 1 heterocycles. The molecular formula is C13H16NO+. The zero-order valence-electron chi connectivity index (χ0n) is 9.07. The van der Waals surface area contributed by atoms with Crippen LogP contribution in [0.3, 0.4) is 0 Å². The van der Waals surface area contributed by atoms with Crippen LogP contribution in [-0.4, -0.2) is 29.7 Å². The quantitative estimate of drug-likeness (QED) is 0.682. The third-order valence-electron chi connectivity index (χ3n) is 2.80. The van der Waals surface area contributed by atoms with Gasteiger partial charge in [-0.15, -0.1) is 0 Å². The lowest BCUT2D eigenvalue weighted by atomic mass is 10.0. The highest BCUT2D eigenvalue weighted by atomic mass is 16.1. The highest BCUT2D eigenvalue weighted by Gasteiger charge is 2.14. The van der Waals surface area contributed by atoms with Gasteiger partial charge in [-0.3, -0.25) is 4.79 Å². The summed E-state index contributed by atoms with van der Waals surface area (Å²) < 4.78 is 2.24. The van der Waals surface area contributed by atoms with Crippen LogP contribution in [0.25, 0.3) is 0 Å². The number of carbonyl (C=O) groups is 1. The van der Waals surface area contributed by atoms with Crippen molar-refractivity contribution < 1.29 is 9.37 Å². The molecule has 0 fully saturated rings. The maximum Gasteiger partial charge on any atom is 0.170 e. The van der Waals surface area contributed by atoms with Gasteiger partial charge in [-0.1, -0.05) is 18.2 Å². The molecule has 1 aliphatic heterocycles. The second-order valence-electron chi connectivity index (χ2n) is 4.07. The minimum atomic E-state index is 0.266. The Balaban J connectivity index is 2.11. The minimum absolute atomic E-state index is 0.266. The molecule has 0 saturated heterocycles. The van der Waals surface area contributed by atoms with E-state index in [4.69, 9.17) is 0 Å². The number of hydrogen-bond donors (Lipinski definition) is 0. The van der Waals surface area contributed by atoms with Gasteiger partial charge in [-0.25, -0.2) is 4.58 Å². The van der Waals surface area contributed by atoms with Gasteiger partial charge in [0.25, 0.3) is 0 Å². The highest BCUT2D eigenvalue weighted by Crippen LogP contribution is 2.11. The first kappa shape index (κ1) is 10.1. The zero-order chi connectivity index (χ0) is 10.7. The summed E-state index contributed by atoms with van der Waals surface area (Å²) >= 11 is 0. The Morgan fingerprint density at radius 3 is 3.00 bits per heavy atom. The molecule has 0 saturated carbocycles. The maximum absolute atomic E-state index is 10.9. The van der Waals surface area contributed by atoms with Crippen molar-refractivity contribution in [2.75, 3.05) is 13.1 Å². The molecule has 1 aromatic rings. The zero-order valence-corrected chi connectivity index (χ0v) is 9.07. The summed E-state index contributed by atoms with van der Waals surface area (Å²) in [6.07, 6.45) is 3.91. The molecular weight excluding hydrogens is 186 g/mol. The van der Waals surface area contributed by atoms with Gasteiger partial charge in [0.1, 0.15) is 18.9 Å². The summed E-state index contributed by atoms with van der Waals surface area (Å²) in [6, 6.07) is 8.45. The predicted molar refractivity (Wildman–Crippen MR) is 60.6 cm³/mol. The van der Waals surface area contributed by atoms with E-state index >= 15 is 0 Å². The van der Waals surface area contributed by atoms with E-state index in [2.05, 4.69) is 35.1 Å². The molecule has 0 atom stereocenters. The molecule has 2 nitrogen and oxygen atoms in total. The van der Waals surface area contributed by atoms with Crippen LogP contribution >= 0.6 is 0 Å². The summed E-state index contributed by atoms with van der Waals surface area (Å²) in [5, 5.41) is 0. The predicted octanol–water partition coefficient (Wildman–Crippen LogP) is 1.65. The van der Waals surface area contributed by atoms with E-state index in [-0.39, 0.29) is 5.78 Å². The molecule has 0 amide bonds. The summed E-state index contributed by atoms with van der Waals surface area (Å²) in [6.45, 7) is 3.53. The number of hydrogen-bond acceptors (Lipinski definition) is 1. The van der Waals surface area contributed by atoms with Crippen LogP contribution in [0.4, 0.5) is 0 Å². The summed E-state index contributed by atoms with van der Waals surface area (Å²) in [5.74, 6) is 0.266. The van der Waals surface area contributed by atoms with Crippen LogP contribution in [0.1, 0.15) is 24.5 Å². The number of ketones is 1. The van der Waals surface area contributed by atoms with E-state index in [9.17, 15) is 4.79 Å². The lowest BCUT2D eigenvalue weighted by Crippen LogP contribution is -2.24. The Labute approximate surface area is 90.2 Å². The van der Waals surface area contributed by atoms with Crippen molar-refractivity contribution in [1.82, 2.24) is 0 Å². The van der Waals surface area contributed by atoms with E-state index in [0.29, 0.717) is 6.42 Å². The molecule has 0 spiro atoms. The molecule has 15 heavy (non-hydrogen) atoms. The van der Waals surface area contributed by atoms with Gasteiger partial charge in [0.05, 0.1) is 6.42 Å². The smallest absolute Gasteiger partial charge is 0.170 e. The molecule has 78 valence electrons. The topological polar surface area (TPSA) is 20.1 Å². The molecule has 2 rings (SSSR count). The highest BCUT2D eigenvalue weighted by molar-refractivity contribution is 5.79. The third-order valence-corrected chi connectivity index (χ3v) is 2.80. The molecule has 0 aromatic heterocycles. The molecule has 0 unspecified atom stereocenters. The second kappa shape index (κ2) is 4.39. The van der Waals surface area contributed by atoms with E-state index in [1.54, 1.807) is 6.92 Å². The summed E-state index contributed by atoms with van der Waals surface area (Å²) in [7, 11) is 0. The van der Waals surface area contributed by atoms with Crippen LogP contribution in [0.2, 0.25) is 0 Å². The molecule has 0 radical (unpaired) electrons. The van der Waals surface area contributed by atoms with E-state index in [0.717, 1.165) is 19.5 Å². The number of nitrogens with zero attached hydrogens (tertiary/aromatic N) is 1. The van der Waals surface area contributed by atoms with Gasteiger partial charge in [0, 0.05) is 12.0 Å². The number of Topliss-reactive ketones (excluding diaryl/α,β-unsaturated/α-hetero) is 1. The van der Waals surface area contributed by atoms with E-state index < -0.39 is 0 Å². The van der Waals surface area contributed by atoms with Gasteiger partial charge in [-0.2, -0.15) is 0 Å². The number of carbonyl (C=O) groups excluding carboxylic acids is 1. The summed E-state index contributed by atoms with van der Waals surface area (Å²) in [4.78, 5) is 10.9. The van der Waals surface area contributed by atoms with Crippen LogP contribution in [0.15, 0.2) is 24.3 Å². The fourth-order valence-electron chi connectivity index (χ4n) is 1.89. The minimum Gasteiger partial charge on any atom is -0.300 e.